The number of carbonyl (C=O) groups excluding carboxylic acids is 1. The minimum atomic E-state index is -0.308. The molecule has 21 heavy (non-hydrogen) atoms. The number of halogens is 1. The molecule has 1 aromatic carbocycles. The van der Waals surface area contributed by atoms with E-state index in [1.54, 1.807) is 6.20 Å². The van der Waals surface area contributed by atoms with Crippen molar-refractivity contribution < 1.29 is 4.79 Å². The quantitative estimate of drug-likeness (QED) is 0.911. The molecule has 0 unspecified atom stereocenters. The lowest BCUT2D eigenvalue weighted by molar-refractivity contribution is 0.249. The van der Waals surface area contributed by atoms with Gasteiger partial charge in [0.1, 0.15) is 0 Å². The van der Waals surface area contributed by atoms with Crippen molar-refractivity contribution >= 4 is 23.4 Å². The summed E-state index contributed by atoms with van der Waals surface area (Å²) in [5, 5.41) is 6.16. The molecule has 1 heterocycles. The van der Waals surface area contributed by atoms with Gasteiger partial charge in [-0.15, -0.1) is 0 Å². The molecule has 2 aromatic rings. The molecule has 2 N–H and O–H groups in total. The lowest BCUT2D eigenvalue weighted by Gasteiger charge is -2.25. The summed E-state index contributed by atoms with van der Waals surface area (Å²) in [7, 11) is 0. The Bertz CT molecular complexity index is 599. The van der Waals surface area contributed by atoms with Gasteiger partial charge in [0.2, 0.25) is 0 Å². The zero-order valence-corrected chi connectivity index (χ0v) is 12.7. The van der Waals surface area contributed by atoms with E-state index in [0.29, 0.717) is 17.4 Å². The predicted molar refractivity (Wildman–Crippen MR) is 83.5 cm³/mol. The van der Waals surface area contributed by atoms with Gasteiger partial charge in [0.25, 0.3) is 0 Å². The van der Waals surface area contributed by atoms with E-state index >= 15 is 0 Å². The summed E-state index contributed by atoms with van der Waals surface area (Å²) in [5.41, 5.74) is 0.899. The minimum absolute atomic E-state index is 0.204. The number of carbonyl (C=O) groups is 1. The molecule has 0 saturated carbocycles. The molecule has 1 aromatic heterocycles. The van der Waals surface area contributed by atoms with Crippen LogP contribution in [0.1, 0.15) is 19.4 Å². The molecular weight excluding hydrogens is 288 g/mol. The number of rotatable bonds is 4. The predicted octanol–water partition coefficient (Wildman–Crippen LogP) is 3.23. The van der Waals surface area contributed by atoms with Gasteiger partial charge < -0.3 is 5.32 Å². The minimum Gasteiger partial charge on any atom is -0.337 e. The van der Waals surface area contributed by atoms with Gasteiger partial charge >= 0.3 is 6.03 Å². The number of amides is 2. The lowest BCUT2D eigenvalue weighted by atomic mass is 9.85. The van der Waals surface area contributed by atoms with Gasteiger partial charge in [-0.05, 0) is 17.7 Å². The second kappa shape index (κ2) is 6.54. The average Bonchev–Trinajstić information content (AvgIpc) is 2.47. The second-order valence-electron chi connectivity index (χ2n) is 5.29. The number of anilines is 1. The van der Waals surface area contributed by atoms with Gasteiger partial charge in [0.05, 0.1) is 6.20 Å². The highest BCUT2D eigenvalue weighted by molar-refractivity contribution is 6.30. The Balaban J connectivity index is 1.92. The van der Waals surface area contributed by atoms with E-state index in [2.05, 4.69) is 34.4 Å². The normalized spacial score (nSPS) is 11.0. The monoisotopic (exact) mass is 304 g/mol. The van der Waals surface area contributed by atoms with E-state index in [1.807, 2.05) is 24.3 Å². The van der Waals surface area contributed by atoms with E-state index in [9.17, 15) is 4.79 Å². The first-order chi connectivity index (χ1) is 9.97. The topological polar surface area (TPSA) is 66.9 Å². The van der Waals surface area contributed by atoms with Crippen LogP contribution in [0.25, 0.3) is 0 Å². The van der Waals surface area contributed by atoms with Crippen molar-refractivity contribution in [3.8, 4) is 0 Å². The number of aromatic nitrogens is 2. The second-order valence-corrected chi connectivity index (χ2v) is 5.73. The third-order valence-electron chi connectivity index (χ3n) is 3.12. The van der Waals surface area contributed by atoms with Crippen LogP contribution in [0.4, 0.5) is 10.6 Å². The number of benzene rings is 1. The van der Waals surface area contributed by atoms with E-state index in [4.69, 9.17) is 11.6 Å². The molecule has 0 spiro atoms. The zero-order valence-electron chi connectivity index (χ0n) is 11.9. The van der Waals surface area contributed by atoms with Crippen molar-refractivity contribution in [2.45, 2.75) is 19.3 Å². The maximum atomic E-state index is 11.8. The highest BCUT2D eigenvalue weighted by Crippen LogP contribution is 2.23. The van der Waals surface area contributed by atoms with Gasteiger partial charge in [-0.25, -0.2) is 9.78 Å². The van der Waals surface area contributed by atoms with E-state index < -0.39 is 0 Å². The van der Waals surface area contributed by atoms with E-state index in [0.717, 1.165) is 5.56 Å². The van der Waals surface area contributed by atoms with Crippen LogP contribution in [-0.4, -0.2) is 22.5 Å². The number of hydrogen-bond acceptors (Lipinski definition) is 3. The molecular formula is C15H17ClN4O. The van der Waals surface area contributed by atoms with Crippen LogP contribution < -0.4 is 10.6 Å². The smallest absolute Gasteiger partial charge is 0.320 e. The number of nitrogens with one attached hydrogen (secondary N) is 2. The van der Waals surface area contributed by atoms with Crippen LogP contribution in [0, 0.1) is 0 Å². The van der Waals surface area contributed by atoms with Crippen molar-refractivity contribution in [1.29, 1.82) is 0 Å². The molecule has 110 valence electrons. The van der Waals surface area contributed by atoms with Crippen molar-refractivity contribution in [3.63, 3.8) is 0 Å². The zero-order chi connectivity index (χ0) is 15.3. The third kappa shape index (κ3) is 4.43. The largest absolute Gasteiger partial charge is 0.337 e. The Labute approximate surface area is 128 Å². The molecule has 0 aliphatic rings. The Morgan fingerprint density at radius 3 is 2.57 bits per heavy atom. The summed E-state index contributed by atoms with van der Waals surface area (Å²) in [6.45, 7) is 4.60. The van der Waals surface area contributed by atoms with Crippen molar-refractivity contribution in [2.24, 2.45) is 0 Å². The SMILES string of the molecule is CC(C)(CNC(=O)Nc1cnccn1)c1ccc(Cl)cc1. The number of hydrogen-bond donors (Lipinski definition) is 2. The van der Waals surface area contributed by atoms with Crippen molar-refractivity contribution in [3.05, 3.63) is 53.4 Å². The molecule has 5 nitrogen and oxygen atoms in total. The molecule has 0 aliphatic heterocycles. The molecule has 0 bridgehead atoms. The van der Waals surface area contributed by atoms with Crippen LogP contribution in [0.2, 0.25) is 5.02 Å². The Morgan fingerprint density at radius 2 is 1.95 bits per heavy atom. The van der Waals surface area contributed by atoms with Crippen LogP contribution >= 0.6 is 11.6 Å². The maximum Gasteiger partial charge on any atom is 0.320 e. The molecule has 2 rings (SSSR count). The van der Waals surface area contributed by atoms with Crippen LogP contribution in [0.3, 0.4) is 0 Å². The number of nitrogens with zero attached hydrogens (tertiary/aromatic N) is 2. The summed E-state index contributed by atoms with van der Waals surface area (Å²) >= 11 is 5.89. The molecule has 0 fully saturated rings. The molecule has 0 saturated heterocycles. The fraction of sp³-hybridized carbons (Fsp3) is 0.267. The van der Waals surface area contributed by atoms with Gasteiger partial charge in [-0.1, -0.05) is 37.6 Å². The Hall–Kier alpha value is -2.14. The molecule has 2 amide bonds. The average molecular weight is 305 g/mol. The van der Waals surface area contributed by atoms with Crippen LogP contribution in [0.5, 0.6) is 0 Å². The maximum absolute atomic E-state index is 11.8. The Morgan fingerprint density at radius 1 is 1.24 bits per heavy atom. The van der Waals surface area contributed by atoms with Crippen LogP contribution in [0.15, 0.2) is 42.9 Å². The molecule has 6 heteroatoms. The van der Waals surface area contributed by atoms with E-state index in [1.165, 1.54) is 12.4 Å². The molecule has 0 atom stereocenters. The van der Waals surface area contributed by atoms with Gasteiger partial charge in [-0.2, -0.15) is 0 Å². The van der Waals surface area contributed by atoms with Crippen molar-refractivity contribution in [1.82, 2.24) is 15.3 Å². The highest BCUT2D eigenvalue weighted by Gasteiger charge is 2.21. The number of urea groups is 1. The first-order valence-corrected chi connectivity index (χ1v) is 6.92. The van der Waals surface area contributed by atoms with E-state index in [-0.39, 0.29) is 11.4 Å². The van der Waals surface area contributed by atoms with Crippen LogP contribution in [-0.2, 0) is 5.41 Å². The van der Waals surface area contributed by atoms with Gasteiger partial charge in [0, 0.05) is 29.4 Å². The first-order valence-electron chi connectivity index (χ1n) is 6.54. The fourth-order valence-electron chi connectivity index (χ4n) is 1.83. The first kappa shape index (κ1) is 15.3. The molecule has 0 aliphatic carbocycles. The molecule has 0 radical (unpaired) electrons. The summed E-state index contributed by atoms with van der Waals surface area (Å²) < 4.78 is 0. The van der Waals surface area contributed by atoms with Gasteiger partial charge in [-0.3, -0.25) is 10.3 Å². The standard InChI is InChI=1S/C15H17ClN4O/c1-15(2,11-3-5-12(16)6-4-11)10-19-14(21)20-13-9-17-7-8-18-13/h3-9H,10H2,1-2H3,(H2,18,19,20,21). The highest BCUT2D eigenvalue weighted by atomic mass is 35.5. The Kier molecular flexibility index (Phi) is 4.75. The summed E-state index contributed by atoms with van der Waals surface area (Å²) in [5.74, 6) is 0.416. The lowest BCUT2D eigenvalue weighted by Crippen LogP contribution is -2.39. The van der Waals surface area contributed by atoms with Crippen molar-refractivity contribution in [2.75, 3.05) is 11.9 Å². The summed E-state index contributed by atoms with van der Waals surface area (Å²) in [6.07, 6.45) is 4.56. The fourth-order valence-corrected chi connectivity index (χ4v) is 1.95. The third-order valence-corrected chi connectivity index (χ3v) is 3.37. The summed E-state index contributed by atoms with van der Waals surface area (Å²) in [6, 6.07) is 7.31. The van der Waals surface area contributed by atoms with Gasteiger partial charge in [0.15, 0.2) is 5.82 Å². The summed E-state index contributed by atoms with van der Waals surface area (Å²) in [4.78, 5) is 19.7.